The van der Waals surface area contributed by atoms with Crippen molar-refractivity contribution < 1.29 is 9.53 Å². The van der Waals surface area contributed by atoms with Gasteiger partial charge >= 0.3 is 0 Å². The van der Waals surface area contributed by atoms with Gasteiger partial charge in [0.25, 0.3) is 0 Å². The summed E-state index contributed by atoms with van der Waals surface area (Å²) in [7, 11) is 1.66. The number of amides is 1. The molecule has 2 fully saturated rings. The maximum Gasteiger partial charge on any atom is 0.231 e. The van der Waals surface area contributed by atoms with Crippen LogP contribution in [0.25, 0.3) is 0 Å². The molecular formula is C16H20Cl2N2O2. The van der Waals surface area contributed by atoms with Gasteiger partial charge in [0.05, 0.1) is 12.5 Å². The highest BCUT2D eigenvalue weighted by Gasteiger charge is 2.68. The van der Waals surface area contributed by atoms with Crippen molar-refractivity contribution in [2.24, 2.45) is 5.41 Å². The summed E-state index contributed by atoms with van der Waals surface area (Å²) in [6.07, 6.45) is 0.542. The number of alkyl halides is 2. The Balaban J connectivity index is 1.59. The van der Waals surface area contributed by atoms with Gasteiger partial charge in [-0.15, -0.1) is 23.2 Å². The fourth-order valence-corrected chi connectivity index (χ4v) is 3.64. The lowest BCUT2D eigenvalue weighted by Crippen LogP contribution is -2.51. The van der Waals surface area contributed by atoms with E-state index in [-0.39, 0.29) is 5.91 Å². The molecule has 1 saturated carbocycles. The van der Waals surface area contributed by atoms with Gasteiger partial charge in [-0.2, -0.15) is 0 Å². The maximum atomic E-state index is 12.5. The third-order valence-corrected chi connectivity index (χ3v) is 5.84. The van der Waals surface area contributed by atoms with Crippen LogP contribution in [0.2, 0.25) is 0 Å². The monoisotopic (exact) mass is 342 g/mol. The van der Waals surface area contributed by atoms with Crippen LogP contribution in [0.1, 0.15) is 13.3 Å². The van der Waals surface area contributed by atoms with E-state index in [1.54, 1.807) is 7.11 Å². The van der Waals surface area contributed by atoms with Gasteiger partial charge in [0.1, 0.15) is 10.1 Å². The summed E-state index contributed by atoms with van der Waals surface area (Å²) in [4.78, 5) is 16.7. The molecule has 1 heterocycles. The Morgan fingerprint density at radius 2 is 1.68 bits per heavy atom. The first-order chi connectivity index (χ1) is 10.4. The van der Waals surface area contributed by atoms with Crippen molar-refractivity contribution >= 4 is 34.8 Å². The molecule has 1 aliphatic heterocycles. The average Bonchev–Trinajstić information content (AvgIpc) is 3.06. The van der Waals surface area contributed by atoms with Gasteiger partial charge in [0, 0.05) is 31.9 Å². The second-order valence-electron chi connectivity index (χ2n) is 6.19. The molecule has 0 aromatic heterocycles. The van der Waals surface area contributed by atoms with Crippen LogP contribution in [0.4, 0.5) is 5.69 Å². The summed E-state index contributed by atoms with van der Waals surface area (Å²) in [6, 6.07) is 7.99. The number of anilines is 1. The first-order valence-corrected chi connectivity index (χ1v) is 8.19. The predicted molar refractivity (Wildman–Crippen MR) is 88.9 cm³/mol. The lowest BCUT2D eigenvalue weighted by molar-refractivity contribution is -0.136. The SMILES string of the molecule is COc1ccc(N2CCN(C(=O)C3(C)CC3(Cl)Cl)CC2)cc1. The Labute approximate surface area is 140 Å². The van der Waals surface area contributed by atoms with Crippen molar-refractivity contribution in [2.75, 3.05) is 38.2 Å². The minimum atomic E-state index is -0.892. The molecule has 1 saturated heterocycles. The number of methoxy groups -OCH3 is 1. The molecule has 4 nitrogen and oxygen atoms in total. The summed E-state index contributed by atoms with van der Waals surface area (Å²) < 4.78 is 4.28. The van der Waals surface area contributed by atoms with Gasteiger partial charge in [-0.1, -0.05) is 0 Å². The van der Waals surface area contributed by atoms with Crippen LogP contribution >= 0.6 is 23.2 Å². The van der Waals surface area contributed by atoms with Crippen molar-refractivity contribution in [1.29, 1.82) is 0 Å². The Morgan fingerprint density at radius 3 is 2.14 bits per heavy atom. The van der Waals surface area contributed by atoms with E-state index in [1.165, 1.54) is 0 Å². The number of hydrogen-bond donors (Lipinski definition) is 0. The summed E-state index contributed by atoms with van der Waals surface area (Å²) in [5.41, 5.74) is 0.535. The molecule has 2 aliphatic rings. The highest BCUT2D eigenvalue weighted by atomic mass is 35.5. The van der Waals surface area contributed by atoms with E-state index in [2.05, 4.69) is 4.90 Å². The highest BCUT2D eigenvalue weighted by Crippen LogP contribution is 2.64. The van der Waals surface area contributed by atoms with Gasteiger partial charge in [0.15, 0.2) is 0 Å². The molecule has 22 heavy (non-hydrogen) atoms. The van der Waals surface area contributed by atoms with E-state index >= 15 is 0 Å². The minimum absolute atomic E-state index is 0.0758. The van der Waals surface area contributed by atoms with Crippen molar-refractivity contribution in [3.8, 4) is 5.75 Å². The van der Waals surface area contributed by atoms with E-state index in [9.17, 15) is 4.79 Å². The summed E-state index contributed by atoms with van der Waals surface area (Å²) in [6.45, 7) is 4.87. The van der Waals surface area contributed by atoms with Crippen molar-refractivity contribution in [3.63, 3.8) is 0 Å². The standard InChI is InChI=1S/C16H20Cl2N2O2/c1-15(11-16(15,17)18)14(21)20-9-7-19(8-10-20)12-3-5-13(22-2)6-4-12/h3-6H,7-11H2,1-2H3. The topological polar surface area (TPSA) is 32.8 Å². The van der Waals surface area contributed by atoms with Crippen LogP contribution in [0, 0.1) is 5.41 Å². The van der Waals surface area contributed by atoms with Crippen LogP contribution in [0.3, 0.4) is 0 Å². The Hall–Kier alpha value is -1.13. The van der Waals surface area contributed by atoms with Gasteiger partial charge < -0.3 is 14.5 Å². The molecule has 1 amide bonds. The fourth-order valence-electron chi connectivity index (χ4n) is 2.94. The maximum absolute atomic E-state index is 12.5. The second kappa shape index (κ2) is 5.50. The number of benzene rings is 1. The van der Waals surface area contributed by atoms with Crippen LogP contribution in [0.15, 0.2) is 24.3 Å². The summed E-state index contributed by atoms with van der Waals surface area (Å²) in [5.74, 6) is 0.923. The zero-order valence-electron chi connectivity index (χ0n) is 12.8. The van der Waals surface area contributed by atoms with Crippen LogP contribution in [-0.2, 0) is 4.79 Å². The Bertz CT molecular complexity index is 568. The first-order valence-electron chi connectivity index (χ1n) is 7.44. The summed E-state index contributed by atoms with van der Waals surface area (Å²) >= 11 is 12.2. The van der Waals surface area contributed by atoms with E-state index in [0.29, 0.717) is 19.5 Å². The normalized spacial score (nSPS) is 26.7. The summed E-state index contributed by atoms with van der Waals surface area (Å²) in [5, 5.41) is 0. The number of piperazine rings is 1. The number of hydrogen-bond acceptors (Lipinski definition) is 3. The van der Waals surface area contributed by atoms with E-state index < -0.39 is 9.75 Å². The van der Waals surface area contributed by atoms with Gasteiger partial charge in [0.2, 0.25) is 5.91 Å². The molecule has 1 aromatic carbocycles. The van der Waals surface area contributed by atoms with Gasteiger partial charge in [-0.05, 0) is 37.6 Å². The van der Waals surface area contributed by atoms with Crippen LogP contribution in [0.5, 0.6) is 5.75 Å². The molecule has 1 unspecified atom stereocenters. The number of carbonyl (C=O) groups excluding carboxylic acids is 1. The van der Waals surface area contributed by atoms with Crippen molar-refractivity contribution in [3.05, 3.63) is 24.3 Å². The number of rotatable bonds is 3. The number of ether oxygens (including phenoxy) is 1. The molecule has 6 heteroatoms. The highest BCUT2D eigenvalue weighted by molar-refractivity contribution is 6.53. The third-order valence-electron chi connectivity index (χ3n) is 4.73. The molecule has 1 aromatic rings. The molecular weight excluding hydrogens is 323 g/mol. The predicted octanol–water partition coefficient (Wildman–Crippen LogP) is 2.93. The number of halogens is 2. The molecule has 0 N–H and O–H groups in total. The smallest absolute Gasteiger partial charge is 0.231 e. The Morgan fingerprint density at radius 1 is 1.14 bits per heavy atom. The quantitative estimate of drug-likeness (QED) is 0.791. The molecule has 0 spiro atoms. The van der Waals surface area contributed by atoms with Crippen LogP contribution < -0.4 is 9.64 Å². The van der Waals surface area contributed by atoms with Gasteiger partial charge in [-0.3, -0.25) is 4.79 Å². The van der Waals surface area contributed by atoms with Gasteiger partial charge in [-0.25, -0.2) is 0 Å². The first kappa shape index (κ1) is 15.8. The molecule has 0 bridgehead atoms. The largest absolute Gasteiger partial charge is 0.497 e. The van der Waals surface area contributed by atoms with E-state index in [4.69, 9.17) is 27.9 Å². The fraction of sp³-hybridized carbons (Fsp3) is 0.562. The molecule has 120 valence electrons. The zero-order chi connectivity index (χ0) is 16.0. The van der Waals surface area contributed by atoms with Crippen molar-refractivity contribution in [1.82, 2.24) is 4.90 Å². The van der Waals surface area contributed by atoms with Crippen LogP contribution in [-0.4, -0.2) is 48.4 Å². The molecule has 1 aliphatic carbocycles. The van der Waals surface area contributed by atoms with E-state index in [0.717, 1.165) is 24.5 Å². The molecule has 0 radical (unpaired) electrons. The second-order valence-corrected chi connectivity index (χ2v) is 7.67. The van der Waals surface area contributed by atoms with E-state index in [1.807, 2.05) is 36.1 Å². The minimum Gasteiger partial charge on any atom is -0.497 e. The average molecular weight is 343 g/mol. The molecule has 1 atom stereocenters. The van der Waals surface area contributed by atoms with Crippen molar-refractivity contribution in [2.45, 2.75) is 17.7 Å². The molecule has 3 rings (SSSR count). The number of nitrogens with zero attached hydrogens (tertiary/aromatic N) is 2. The Kier molecular flexibility index (Phi) is 3.94. The lowest BCUT2D eigenvalue weighted by Gasteiger charge is -2.37. The third kappa shape index (κ3) is 2.63. The zero-order valence-corrected chi connectivity index (χ0v) is 14.3. The number of carbonyl (C=O) groups is 1. The lowest BCUT2D eigenvalue weighted by atomic mass is 10.1.